The summed E-state index contributed by atoms with van der Waals surface area (Å²) in [6.45, 7) is 4.50. The Balaban J connectivity index is 2.75. The number of nitrogens with two attached hydrogens (primary N) is 1. The highest BCUT2D eigenvalue weighted by atomic mass is 79.9. The van der Waals surface area contributed by atoms with Crippen LogP contribution in [0.15, 0.2) is 27.6 Å². The molecule has 0 bridgehead atoms. The van der Waals surface area contributed by atoms with Crippen molar-refractivity contribution in [3.05, 3.63) is 28.2 Å². The molecule has 1 aromatic rings. The van der Waals surface area contributed by atoms with Gasteiger partial charge in [-0.3, -0.25) is 0 Å². The minimum absolute atomic E-state index is 0.130. The molecule has 0 heterocycles. The fourth-order valence-corrected chi connectivity index (χ4v) is 3.14. The number of carbonyl (C=O) groups is 1. The third-order valence-corrected chi connectivity index (χ3v) is 4.54. The Labute approximate surface area is 127 Å². The van der Waals surface area contributed by atoms with E-state index in [-0.39, 0.29) is 10.5 Å². The Hall–Kier alpha value is -0.920. The van der Waals surface area contributed by atoms with Gasteiger partial charge < -0.3 is 4.74 Å². The number of primary sulfonamides is 1. The van der Waals surface area contributed by atoms with E-state index in [1.54, 1.807) is 0 Å². The molecular formula is C13H18BrNO4S. The molecule has 0 aliphatic carbocycles. The predicted molar refractivity (Wildman–Crippen MR) is 79.9 cm³/mol. The summed E-state index contributed by atoms with van der Waals surface area (Å²) in [6.07, 6.45) is 1.75. The average Bonchev–Trinajstić information content (AvgIpc) is 2.33. The topological polar surface area (TPSA) is 86.5 Å². The second-order valence-electron chi connectivity index (χ2n) is 4.86. The van der Waals surface area contributed by atoms with E-state index in [2.05, 4.69) is 29.8 Å². The number of sulfonamides is 1. The molecule has 7 heteroatoms. The Morgan fingerprint density at radius 3 is 2.60 bits per heavy atom. The molecule has 1 rings (SSSR count). The maximum absolute atomic E-state index is 11.8. The number of esters is 1. The second kappa shape index (κ2) is 7.19. The van der Waals surface area contributed by atoms with Crippen molar-refractivity contribution in [1.82, 2.24) is 0 Å². The Morgan fingerprint density at radius 2 is 2.05 bits per heavy atom. The highest BCUT2D eigenvalue weighted by Gasteiger charge is 2.16. The highest BCUT2D eigenvalue weighted by molar-refractivity contribution is 9.10. The number of ether oxygens (including phenoxy) is 1. The monoisotopic (exact) mass is 363 g/mol. The summed E-state index contributed by atoms with van der Waals surface area (Å²) in [5.41, 5.74) is 0.168. The van der Waals surface area contributed by atoms with Gasteiger partial charge in [-0.15, -0.1) is 0 Å². The molecule has 0 radical (unpaired) electrons. The van der Waals surface area contributed by atoms with Crippen LogP contribution >= 0.6 is 15.9 Å². The molecule has 0 fully saturated rings. The maximum atomic E-state index is 11.8. The summed E-state index contributed by atoms with van der Waals surface area (Å²) >= 11 is 3.08. The number of benzene rings is 1. The fourth-order valence-electron chi connectivity index (χ4n) is 1.59. The largest absolute Gasteiger partial charge is 0.462 e. The lowest BCUT2D eigenvalue weighted by molar-refractivity contribution is 0.0494. The van der Waals surface area contributed by atoms with Crippen LogP contribution in [-0.2, 0) is 14.8 Å². The van der Waals surface area contributed by atoms with Gasteiger partial charge in [-0.05, 0) is 52.9 Å². The predicted octanol–water partition coefficient (Wildman–Crippen LogP) is 2.69. The molecule has 0 aliphatic rings. The molecular weight excluding hydrogens is 346 g/mol. The lowest BCUT2D eigenvalue weighted by Crippen LogP contribution is -2.14. The summed E-state index contributed by atoms with van der Waals surface area (Å²) in [7, 11) is -3.88. The Kier molecular flexibility index (Phi) is 6.16. The number of carbonyl (C=O) groups excluding carboxylic acids is 1. The van der Waals surface area contributed by atoms with Crippen LogP contribution in [0.25, 0.3) is 0 Å². The van der Waals surface area contributed by atoms with Crippen LogP contribution in [0.1, 0.15) is 37.0 Å². The molecule has 0 atom stereocenters. The molecule has 5 nitrogen and oxygen atoms in total. The first-order valence-electron chi connectivity index (χ1n) is 6.21. The molecule has 0 spiro atoms. The summed E-state index contributed by atoms with van der Waals surface area (Å²) < 4.78 is 28.1. The normalized spacial score (nSPS) is 11.7. The van der Waals surface area contributed by atoms with Crippen LogP contribution < -0.4 is 5.14 Å². The minimum atomic E-state index is -3.88. The first kappa shape index (κ1) is 17.1. The Morgan fingerprint density at radius 1 is 1.40 bits per heavy atom. The van der Waals surface area contributed by atoms with Crippen molar-refractivity contribution >= 4 is 31.9 Å². The molecule has 20 heavy (non-hydrogen) atoms. The van der Waals surface area contributed by atoms with Gasteiger partial charge in [0.05, 0.1) is 17.1 Å². The smallest absolute Gasteiger partial charge is 0.338 e. The zero-order valence-corrected chi connectivity index (χ0v) is 13.8. The third kappa shape index (κ3) is 5.22. The molecule has 2 N–H and O–H groups in total. The minimum Gasteiger partial charge on any atom is -0.462 e. The van der Waals surface area contributed by atoms with Gasteiger partial charge in [0, 0.05) is 4.47 Å². The van der Waals surface area contributed by atoms with Gasteiger partial charge in [0.1, 0.15) is 0 Å². The van der Waals surface area contributed by atoms with Gasteiger partial charge >= 0.3 is 5.97 Å². The standard InChI is InChI=1S/C13H18BrNO4S/c1-9(2)4-3-7-19-13(16)10-5-6-11(14)12(8-10)20(15,17)18/h5-6,8-9H,3-4,7H2,1-2H3,(H2,15,17,18). The molecule has 0 aliphatic heterocycles. The molecule has 0 aromatic heterocycles. The van der Waals surface area contributed by atoms with Crippen molar-refractivity contribution in [3.8, 4) is 0 Å². The second-order valence-corrected chi connectivity index (χ2v) is 7.25. The van der Waals surface area contributed by atoms with Crippen LogP contribution in [0.4, 0.5) is 0 Å². The van der Waals surface area contributed by atoms with E-state index in [1.165, 1.54) is 18.2 Å². The summed E-state index contributed by atoms with van der Waals surface area (Å²) in [5, 5.41) is 5.07. The van der Waals surface area contributed by atoms with E-state index in [4.69, 9.17) is 9.88 Å². The number of hydrogen-bond acceptors (Lipinski definition) is 4. The molecule has 0 saturated carbocycles. The van der Waals surface area contributed by atoms with Crippen molar-refractivity contribution in [1.29, 1.82) is 0 Å². The van der Waals surface area contributed by atoms with Crippen molar-refractivity contribution in [2.75, 3.05) is 6.61 Å². The molecule has 112 valence electrons. The van der Waals surface area contributed by atoms with E-state index in [1.807, 2.05) is 0 Å². The van der Waals surface area contributed by atoms with Crippen molar-refractivity contribution in [3.63, 3.8) is 0 Å². The first-order chi connectivity index (χ1) is 9.21. The molecule has 0 unspecified atom stereocenters. The lowest BCUT2D eigenvalue weighted by Gasteiger charge is -2.08. The van der Waals surface area contributed by atoms with Gasteiger partial charge in [-0.2, -0.15) is 0 Å². The van der Waals surface area contributed by atoms with Gasteiger partial charge in [0.25, 0.3) is 0 Å². The van der Waals surface area contributed by atoms with Crippen molar-refractivity contribution in [2.24, 2.45) is 11.1 Å². The van der Waals surface area contributed by atoms with Crippen LogP contribution in [-0.4, -0.2) is 21.0 Å². The summed E-state index contributed by atoms with van der Waals surface area (Å²) in [5.74, 6) is 0.00141. The lowest BCUT2D eigenvalue weighted by atomic mass is 10.1. The van der Waals surface area contributed by atoms with Crippen LogP contribution in [0.3, 0.4) is 0 Å². The van der Waals surface area contributed by atoms with E-state index in [9.17, 15) is 13.2 Å². The number of hydrogen-bond donors (Lipinski definition) is 1. The van der Waals surface area contributed by atoms with Gasteiger partial charge in [-0.1, -0.05) is 13.8 Å². The van der Waals surface area contributed by atoms with E-state index < -0.39 is 16.0 Å². The van der Waals surface area contributed by atoms with Gasteiger partial charge in [0.15, 0.2) is 0 Å². The molecule has 0 amide bonds. The fraction of sp³-hybridized carbons (Fsp3) is 0.462. The van der Waals surface area contributed by atoms with Crippen LogP contribution in [0.2, 0.25) is 0 Å². The number of halogens is 1. The zero-order chi connectivity index (χ0) is 15.3. The third-order valence-electron chi connectivity index (χ3n) is 2.63. The number of rotatable bonds is 6. The van der Waals surface area contributed by atoms with Crippen LogP contribution in [0, 0.1) is 5.92 Å². The first-order valence-corrected chi connectivity index (χ1v) is 8.55. The van der Waals surface area contributed by atoms with Crippen molar-refractivity contribution in [2.45, 2.75) is 31.6 Å². The maximum Gasteiger partial charge on any atom is 0.338 e. The Bertz CT molecular complexity index is 584. The quantitative estimate of drug-likeness (QED) is 0.621. The molecule has 1 aromatic carbocycles. The van der Waals surface area contributed by atoms with Crippen LogP contribution in [0.5, 0.6) is 0 Å². The highest BCUT2D eigenvalue weighted by Crippen LogP contribution is 2.22. The van der Waals surface area contributed by atoms with Crippen molar-refractivity contribution < 1.29 is 17.9 Å². The van der Waals surface area contributed by atoms with Gasteiger partial charge in [-0.25, -0.2) is 18.4 Å². The van der Waals surface area contributed by atoms with E-state index in [0.717, 1.165) is 12.8 Å². The SMILES string of the molecule is CC(C)CCCOC(=O)c1ccc(Br)c(S(N)(=O)=O)c1. The van der Waals surface area contributed by atoms with E-state index in [0.29, 0.717) is 17.0 Å². The zero-order valence-electron chi connectivity index (χ0n) is 11.4. The molecule has 0 saturated heterocycles. The average molecular weight is 364 g/mol. The summed E-state index contributed by atoms with van der Waals surface area (Å²) in [4.78, 5) is 11.7. The van der Waals surface area contributed by atoms with E-state index >= 15 is 0 Å². The van der Waals surface area contributed by atoms with Gasteiger partial charge in [0.2, 0.25) is 10.0 Å². The summed E-state index contributed by atoms with van der Waals surface area (Å²) in [6, 6.07) is 4.16.